The molecule has 0 bridgehead atoms. The molecule has 8 heteroatoms. The van der Waals surface area contributed by atoms with Crippen LogP contribution in [0, 0.1) is 0 Å². The molecule has 0 spiro atoms. The lowest BCUT2D eigenvalue weighted by atomic mass is 10.3. The number of likely N-dealkylation sites (N-methyl/N-ethyl adjacent to an activating group) is 1. The van der Waals surface area contributed by atoms with Crippen LogP contribution < -0.4 is 4.31 Å². The summed E-state index contributed by atoms with van der Waals surface area (Å²) in [6, 6.07) is 10.7. The van der Waals surface area contributed by atoms with Gasteiger partial charge in [0.1, 0.15) is 12.4 Å². The van der Waals surface area contributed by atoms with Gasteiger partial charge in [-0.05, 0) is 12.1 Å². The number of carbonyl (C=O) groups is 1. The smallest absolute Gasteiger partial charge is 0.242 e. The Hall–Kier alpha value is -2.35. The second-order valence-electron chi connectivity index (χ2n) is 4.99. The molecular formula is C14H18N4O3S. The van der Waals surface area contributed by atoms with Crippen LogP contribution in [0.3, 0.4) is 0 Å². The monoisotopic (exact) mass is 322 g/mol. The minimum atomic E-state index is -3.62. The van der Waals surface area contributed by atoms with Crippen molar-refractivity contribution in [3.8, 4) is 5.69 Å². The fourth-order valence-electron chi connectivity index (χ4n) is 1.89. The first-order valence-electron chi connectivity index (χ1n) is 6.58. The molecule has 0 aliphatic rings. The largest absolute Gasteiger partial charge is 0.347 e. The van der Waals surface area contributed by atoms with Crippen molar-refractivity contribution in [1.82, 2.24) is 14.7 Å². The maximum atomic E-state index is 12.1. The second kappa shape index (κ2) is 6.18. The van der Waals surface area contributed by atoms with Crippen molar-refractivity contribution in [2.75, 3.05) is 31.2 Å². The van der Waals surface area contributed by atoms with E-state index in [1.165, 1.54) is 15.8 Å². The van der Waals surface area contributed by atoms with Gasteiger partial charge in [-0.1, -0.05) is 18.2 Å². The predicted molar refractivity (Wildman–Crippen MR) is 84.4 cm³/mol. The van der Waals surface area contributed by atoms with Gasteiger partial charge in [0.25, 0.3) is 0 Å². The number of aromatic nitrogens is 2. The minimum Gasteiger partial charge on any atom is -0.347 e. The van der Waals surface area contributed by atoms with Crippen molar-refractivity contribution in [1.29, 1.82) is 0 Å². The molecule has 0 saturated heterocycles. The molecule has 0 atom stereocenters. The van der Waals surface area contributed by atoms with Crippen LogP contribution >= 0.6 is 0 Å². The van der Waals surface area contributed by atoms with Gasteiger partial charge < -0.3 is 4.90 Å². The number of amides is 1. The third kappa shape index (κ3) is 3.45. The third-order valence-corrected chi connectivity index (χ3v) is 4.17. The summed E-state index contributed by atoms with van der Waals surface area (Å²) in [7, 11) is -0.461. The number of nitrogens with zero attached hydrogens (tertiary/aromatic N) is 4. The lowest BCUT2D eigenvalue weighted by Gasteiger charge is -2.23. The number of rotatable bonds is 5. The molecule has 2 aromatic rings. The van der Waals surface area contributed by atoms with Crippen LogP contribution in [0.2, 0.25) is 0 Å². The van der Waals surface area contributed by atoms with Crippen LogP contribution in [-0.2, 0) is 14.8 Å². The first kappa shape index (κ1) is 16.0. The van der Waals surface area contributed by atoms with Crippen molar-refractivity contribution in [3.05, 3.63) is 42.6 Å². The van der Waals surface area contributed by atoms with E-state index in [1.54, 1.807) is 20.2 Å². The van der Waals surface area contributed by atoms with Crippen LogP contribution in [0.15, 0.2) is 42.6 Å². The summed E-state index contributed by atoms with van der Waals surface area (Å²) in [6.45, 7) is -0.273. The molecule has 0 unspecified atom stereocenters. The first-order chi connectivity index (χ1) is 10.3. The van der Waals surface area contributed by atoms with Gasteiger partial charge >= 0.3 is 0 Å². The van der Waals surface area contributed by atoms with Crippen LogP contribution in [-0.4, -0.2) is 55.9 Å². The molecule has 0 N–H and O–H groups in total. The normalized spacial score (nSPS) is 11.2. The number of benzene rings is 1. The van der Waals surface area contributed by atoms with E-state index in [-0.39, 0.29) is 12.5 Å². The van der Waals surface area contributed by atoms with E-state index in [4.69, 9.17) is 0 Å². The Kier molecular flexibility index (Phi) is 4.51. The van der Waals surface area contributed by atoms with E-state index in [1.807, 2.05) is 30.3 Å². The highest BCUT2D eigenvalue weighted by atomic mass is 32.2. The number of sulfonamides is 1. The maximum absolute atomic E-state index is 12.1. The van der Waals surface area contributed by atoms with Crippen LogP contribution in [0.4, 0.5) is 5.82 Å². The van der Waals surface area contributed by atoms with E-state index in [2.05, 4.69) is 5.10 Å². The molecule has 0 fully saturated rings. The fourth-order valence-corrected chi connectivity index (χ4v) is 2.71. The average Bonchev–Trinajstić information content (AvgIpc) is 2.92. The lowest BCUT2D eigenvalue weighted by molar-refractivity contribution is -0.127. The lowest BCUT2D eigenvalue weighted by Crippen LogP contribution is -2.40. The first-order valence-corrected chi connectivity index (χ1v) is 8.43. The molecule has 0 aliphatic heterocycles. The summed E-state index contributed by atoms with van der Waals surface area (Å²) in [5.41, 5.74) is 0.716. The Morgan fingerprint density at radius 3 is 2.36 bits per heavy atom. The highest BCUT2D eigenvalue weighted by Crippen LogP contribution is 2.21. The summed E-state index contributed by atoms with van der Waals surface area (Å²) in [5, 5.41) is 4.16. The number of anilines is 1. The second-order valence-corrected chi connectivity index (χ2v) is 6.90. The summed E-state index contributed by atoms with van der Waals surface area (Å²) in [4.78, 5) is 13.3. The van der Waals surface area contributed by atoms with Crippen molar-refractivity contribution >= 4 is 21.7 Å². The van der Waals surface area contributed by atoms with E-state index in [0.29, 0.717) is 11.5 Å². The average molecular weight is 322 g/mol. The maximum Gasteiger partial charge on any atom is 0.242 e. The summed E-state index contributed by atoms with van der Waals surface area (Å²) in [6.07, 6.45) is 2.57. The Morgan fingerprint density at radius 2 is 1.82 bits per heavy atom. The number of hydrogen-bond donors (Lipinski definition) is 0. The van der Waals surface area contributed by atoms with Gasteiger partial charge in [-0.3, -0.25) is 4.79 Å². The van der Waals surface area contributed by atoms with Gasteiger partial charge in [-0.15, -0.1) is 0 Å². The SMILES string of the molecule is CN(C)C(=O)CN(c1ccnn1-c1ccccc1)S(C)(=O)=O. The van der Waals surface area contributed by atoms with Gasteiger partial charge in [0.05, 0.1) is 18.1 Å². The number of hydrogen-bond acceptors (Lipinski definition) is 4. The highest BCUT2D eigenvalue weighted by molar-refractivity contribution is 7.92. The number of para-hydroxylation sites is 1. The predicted octanol–water partition coefficient (Wildman–Crippen LogP) is 0.726. The Balaban J connectivity index is 2.47. The van der Waals surface area contributed by atoms with E-state index >= 15 is 0 Å². The van der Waals surface area contributed by atoms with Crippen molar-refractivity contribution in [3.63, 3.8) is 0 Å². The van der Waals surface area contributed by atoms with Crippen molar-refractivity contribution in [2.24, 2.45) is 0 Å². The summed E-state index contributed by atoms with van der Waals surface area (Å²) >= 11 is 0. The molecule has 2 rings (SSSR count). The molecule has 1 aromatic carbocycles. The summed E-state index contributed by atoms with van der Waals surface area (Å²) < 4.78 is 26.7. The zero-order chi connectivity index (χ0) is 16.3. The molecule has 1 aromatic heterocycles. The quantitative estimate of drug-likeness (QED) is 0.813. The highest BCUT2D eigenvalue weighted by Gasteiger charge is 2.25. The minimum absolute atomic E-state index is 0.273. The molecule has 0 aliphatic carbocycles. The van der Waals surface area contributed by atoms with Gasteiger partial charge in [0.15, 0.2) is 0 Å². The van der Waals surface area contributed by atoms with Gasteiger partial charge in [0.2, 0.25) is 15.9 Å². The van der Waals surface area contributed by atoms with E-state index in [9.17, 15) is 13.2 Å². The van der Waals surface area contributed by atoms with Crippen molar-refractivity contribution < 1.29 is 13.2 Å². The topological polar surface area (TPSA) is 75.5 Å². The molecule has 0 radical (unpaired) electrons. The molecule has 1 heterocycles. The standard InChI is InChI=1S/C14H18N4O3S/c1-16(2)14(19)11-17(22(3,20)21)13-9-10-15-18(13)12-7-5-4-6-8-12/h4-10H,11H2,1-3H3. The Morgan fingerprint density at radius 1 is 1.18 bits per heavy atom. The molecule has 0 saturated carbocycles. The fraction of sp³-hybridized carbons (Fsp3) is 0.286. The van der Waals surface area contributed by atoms with E-state index in [0.717, 1.165) is 10.6 Å². The van der Waals surface area contributed by atoms with Crippen molar-refractivity contribution in [2.45, 2.75) is 0 Å². The molecule has 1 amide bonds. The van der Waals surface area contributed by atoms with Gasteiger partial charge in [-0.2, -0.15) is 5.10 Å². The van der Waals surface area contributed by atoms with E-state index < -0.39 is 10.0 Å². The summed E-state index contributed by atoms with van der Waals surface area (Å²) in [5.74, 6) is 0.00939. The van der Waals surface area contributed by atoms with Gasteiger partial charge in [0, 0.05) is 20.2 Å². The number of carbonyl (C=O) groups excluding carboxylic acids is 1. The molecular weight excluding hydrogens is 304 g/mol. The Bertz CT molecular complexity index is 753. The zero-order valence-electron chi connectivity index (χ0n) is 12.7. The van der Waals surface area contributed by atoms with Crippen LogP contribution in [0.5, 0.6) is 0 Å². The zero-order valence-corrected chi connectivity index (χ0v) is 13.5. The van der Waals surface area contributed by atoms with Gasteiger partial charge in [-0.25, -0.2) is 17.4 Å². The Labute approximate surface area is 129 Å². The van der Waals surface area contributed by atoms with Crippen LogP contribution in [0.1, 0.15) is 0 Å². The molecule has 118 valence electrons. The molecule has 22 heavy (non-hydrogen) atoms. The molecule has 7 nitrogen and oxygen atoms in total. The van der Waals surface area contributed by atoms with Crippen LogP contribution in [0.25, 0.3) is 5.69 Å². The third-order valence-electron chi connectivity index (χ3n) is 3.06.